The van der Waals surface area contributed by atoms with Crippen LogP contribution < -0.4 is 0 Å². The highest BCUT2D eigenvalue weighted by Gasteiger charge is 2.44. The fraction of sp³-hybridized carbons (Fsp3) is 0.474. The number of carbonyl (C=O) groups is 1. The zero-order valence-corrected chi connectivity index (χ0v) is 14.6. The van der Waals surface area contributed by atoms with Crippen LogP contribution in [0.3, 0.4) is 0 Å². The number of ether oxygens (including phenoxy) is 2. The van der Waals surface area contributed by atoms with Gasteiger partial charge in [0.25, 0.3) is 5.91 Å². The molecule has 1 spiro atoms. The molecule has 2 aromatic heterocycles. The third-order valence-electron chi connectivity index (χ3n) is 5.15. The minimum absolute atomic E-state index is 0.0374. The van der Waals surface area contributed by atoms with Crippen molar-refractivity contribution in [1.82, 2.24) is 19.9 Å². The third-order valence-corrected chi connectivity index (χ3v) is 5.15. The Balaban J connectivity index is 1.28. The van der Waals surface area contributed by atoms with Gasteiger partial charge in [-0.2, -0.15) is 0 Å². The highest BCUT2D eigenvalue weighted by molar-refractivity contribution is 5.92. The van der Waals surface area contributed by atoms with Crippen molar-refractivity contribution in [1.29, 1.82) is 0 Å². The number of aromatic nitrogens is 3. The molecule has 4 rings (SSSR count). The molecule has 2 aliphatic rings. The number of piperidine rings is 1. The van der Waals surface area contributed by atoms with E-state index in [9.17, 15) is 4.79 Å². The minimum Gasteiger partial charge on any atom is -0.372 e. The van der Waals surface area contributed by atoms with E-state index in [1.165, 1.54) is 6.33 Å². The first-order valence-corrected chi connectivity index (χ1v) is 8.94. The van der Waals surface area contributed by atoms with E-state index < -0.39 is 0 Å². The Morgan fingerprint density at radius 3 is 2.88 bits per heavy atom. The summed E-state index contributed by atoms with van der Waals surface area (Å²) in [5.41, 5.74) is 1.35. The Kier molecular flexibility index (Phi) is 4.90. The zero-order chi connectivity index (χ0) is 17.8. The molecule has 136 valence electrons. The molecule has 0 aromatic carbocycles. The summed E-state index contributed by atoms with van der Waals surface area (Å²) in [7, 11) is 0. The van der Waals surface area contributed by atoms with Gasteiger partial charge in [0.2, 0.25) is 0 Å². The van der Waals surface area contributed by atoms with Gasteiger partial charge in [-0.3, -0.25) is 9.78 Å². The molecule has 2 fully saturated rings. The SMILES string of the molecule is O=C(c1ccncn1)N1CCC2(CC1)C[C@H](OCc1cccnc1)CO2. The summed E-state index contributed by atoms with van der Waals surface area (Å²) in [6.45, 7) is 2.52. The summed E-state index contributed by atoms with van der Waals surface area (Å²) in [5.74, 6) is -0.0374. The van der Waals surface area contributed by atoms with Crippen molar-refractivity contribution in [3.63, 3.8) is 0 Å². The van der Waals surface area contributed by atoms with Crippen LogP contribution in [0, 0.1) is 0 Å². The Labute approximate surface area is 152 Å². The lowest BCUT2D eigenvalue weighted by atomic mass is 9.88. The van der Waals surface area contributed by atoms with Gasteiger partial charge in [-0.25, -0.2) is 9.97 Å². The number of nitrogens with zero attached hydrogens (tertiary/aromatic N) is 4. The molecule has 7 nitrogen and oxygen atoms in total. The number of amides is 1. The van der Waals surface area contributed by atoms with Crippen molar-refractivity contribution in [3.8, 4) is 0 Å². The number of carbonyl (C=O) groups excluding carboxylic acids is 1. The lowest BCUT2D eigenvalue weighted by molar-refractivity contribution is -0.0413. The highest BCUT2D eigenvalue weighted by Crippen LogP contribution is 2.37. The van der Waals surface area contributed by atoms with Crippen molar-refractivity contribution in [2.75, 3.05) is 19.7 Å². The Morgan fingerprint density at radius 1 is 1.27 bits per heavy atom. The quantitative estimate of drug-likeness (QED) is 0.834. The standard InChI is InChI=1S/C19H22N4O3/c24-18(17-3-7-21-14-22-17)23-8-4-19(5-9-23)10-16(13-26-19)25-12-15-2-1-6-20-11-15/h1-3,6-7,11,14,16H,4-5,8-10,12-13H2/t16-/m0/s1. The van der Waals surface area contributed by atoms with Crippen LogP contribution >= 0.6 is 0 Å². The summed E-state index contributed by atoms with van der Waals surface area (Å²) in [6.07, 6.45) is 9.21. The maximum Gasteiger partial charge on any atom is 0.272 e. The first-order chi connectivity index (χ1) is 12.7. The van der Waals surface area contributed by atoms with Gasteiger partial charge < -0.3 is 14.4 Å². The summed E-state index contributed by atoms with van der Waals surface area (Å²) in [4.78, 5) is 26.4. The molecule has 0 radical (unpaired) electrons. The first kappa shape index (κ1) is 17.1. The van der Waals surface area contributed by atoms with Crippen LogP contribution in [0.1, 0.15) is 35.3 Å². The molecule has 2 aliphatic heterocycles. The molecule has 2 aromatic rings. The lowest BCUT2D eigenvalue weighted by Gasteiger charge is -2.38. The summed E-state index contributed by atoms with van der Waals surface area (Å²) in [5, 5.41) is 0. The topological polar surface area (TPSA) is 77.4 Å². The highest BCUT2D eigenvalue weighted by atomic mass is 16.6. The number of hydrogen-bond acceptors (Lipinski definition) is 6. The first-order valence-electron chi connectivity index (χ1n) is 8.94. The second-order valence-corrected chi connectivity index (χ2v) is 6.88. The number of likely N-dealkylation sites (tertiary alicyclic amines) is 1. The molecule has 4 heterocycles. The molecule has 7 heteroatoms. The van der Waals surface area contributed by atoms with Crippen LogP contribution in [0.5, 0.6) is 0 Å². The molecule has 1 amide bonds. The van der Waals surface area contributed by atoms with E-state index in [1.807, 2.05) is 23.2 Å². The van der Waals surface area contributed by atoms with Crippen molar-refractivity contribution in [3.05, 3.63) is 54.4 Å². The Bertz CT molecular complexity index is 733. The normalized spacial score (nSPS) is 21.8. The van der Waals surface area contributed by atoms with E-state index >= 15 is 0 Å². The van der Waals surface area contributed by atoms with Crippen molar-refractivity contribution in [2.45, 2.75) is 37.6 Å². The molecule has 2 saturated heterocycles. The van der Waals surface area contributed by atoms with E-state index in [-0.39, 0.29) is 17.6 Å². The fourth-order valence-corrected chi connectivity index (χ4v) is 3.65. The van der Waals surface area contributed by atoms with E-state index in [2.05, 4.69) is 15.0 Å². The largest absolute Gasteiger partial charge is 0.372 e. The average molecular weight is 354 g/mol. The predicted molar refractivity (Wildman–Crippen MR) is 93.3 cm³/mol. The van der Waals surface area contributed by atoms with Crippen LogP contribution in [-0.4, -0.2) is 57.2 Å². The van der Waals surface area contributed by atoms with Crippen LogP contribution in [0.25, 0.3) is 0 Å². The van der Waals surface area contributed by atoms with Crippen molar-refractivity contribution >= 4 is 5.91 Å². The minimum atomic E-state index is -0.165. The molecule has 1 atom stereocenters. The maximum atomic E-state index is 12.5. The Morgan fingerprint density at radius 2 is 2.15 bits per heavy atom. The van der Waals surface area contributed by atoms with E-state index in [0.717, 1.165) is 24.8 Å². The van der Waals surface area contributed by atoms with Gasteiger partial charge in [-0.1, -0.05) is 6.07 Å². The molecular formula is C19H22N4O3. The fourth-order valence-electron chi connectivity index (χ4n) is 3.65. The van der Waals surface area contributed by atoms with Crippen LogP contribution in [0.4, 0.5) is 0 Å². The molecule has 0 saturated carbocycles. The van der Waals surface area contributed by atoms with Gasteiger partial charge in [0.1, 0.15) is 12.0 Å². The van der Waals surface area contributed by atoms with Gasteiger partial charge in [0.15, 0.2) is 0 Å². The molecule has 0 aliphatic carbocycles. The smallest absolute Gasteiger partial charge is 0.272 e. The summed E-state index contributed by atoms with van der Waals surface area (Å²) >= 11 is 0. The molecule has 0 bridgehead atoms. The second-order valence-electron chi connectivity index (χ2n) is 6.88. The molecular weight excluding hydrogens is 332 g/mol. The predicted octanol–water partition coefficient (Wildman–Crippen LogP) is 1.85. The lowest BCUT2D eigenvalue weighted by Crippen LogP contribution is -2.46. The van der Waals surface area contributed by atoms with E-state index in [4.69, 9.17) is 9.47 Å². The van der Waals surface area contributed by atoms with Gasteiger partial charge >= 0.3 is 0 Å². The second kappa shape index (κ2) is 7.47. The molecule has 0 unspecified atom stereocenters. The van der Waals surface area contributed by atoms with E-state index in [0.29, 0.717) is 32.0 Å². The van der Waals surface area contributed by atoms with Crippen molar-refractivity contribution < 1.29 is 14.3 Å². The molecule has 0 N–H and O–H groups in total. The van der Waals surface area contributed by atoms with Crippen molar-refractivity contribution in [2.24, 2.45) is 0 Å². The number of rotatable bonds is 4. The molecule has 26 heavy (non-hydrogen) atoms. The van der Waals surface area contributed by atoms with Gasteiger partial charge in [0, 0.05) is 38.1 Å². The Hall–Kier alpha value is -2.38. The van der Waals surface area contributed by atoms with Crippen LogP contribution in [0.15, 0.2) is 43.1 Å². The van der Waals surface area contributed by atoms with Crippen LogP contribution in [0.2, 0.25) is 0 Å². The van der Waals surface area contributed by atoms with Gasteiger partial charge in [-0.15, -0.1) is 0 Å². The summed E-state index contributed by atoms with van der Waals surface area (Å²) in [6, 6.07) is 5.58. The number of pyridine rings is 1. The van der Waals surface area contributed by atoms with E-state index in [1.54, 1.807) is 18.5 Å². The summed E-state index contributed by atoms with van der Waals surface area (Å²) < 4.78 is 12.1. The average Bonchev–Trinajstić information content (AvgIpc) is 3.10. The zero-order valence-electron chi connectivity index (χ0n) is 14.6. The van der Waals surface area contributed by atoms with Gasteiger partial charge in [-0.05, 0) is 30.5 Å². The van der Waals surface area contributed by atoms with Gasteiger partial charge in [0.05, 0.1) is 24.9 Å². The monoisotopic (exact) mass is 354 g/mol. The number of hydrogen-bond donors (Lipinski definition) is 0. The third kappa shape index (κ3) is 3.73. The maximum absolute atomic E-state index is 12.5. The van der Waals surface area contributed by atoms with Crippen LogP contribution in [-0.2, 0) is 16.1 Å².